The van der Waals surface area contributed by atoms with E-state index in [1.807, 2.05) is 36.1 Å². The zero-order valence-electron chi connectivity index (χ0n) is 16.4. The van der Waals surface area contributed by atoms with Gasteiger partial charge in [-0.1, -0.05) is 55.3 Å². The van der Waals surface area contributed by atoms with Crippen molar-refractivity contribution < 1.29 is 14.3 Å². The molecule has 1 aliphatic heterocycles. The highest BCUT2D eigenvalue weighted by Crippen LogP contribution is 2.30. The maximum atomic E-state index is 13.0. The van der Waals surface area contributed by atoms with E-state index >= 15 is 0 Å². The third kappa shape index (κ3) is 4.91. The van der Waals surface area contributed by atoms with E-state index in [9.17, 15) is 9.59 Å². The van der Waals surface area contributed by atoms with Crippen LogP contribution in [0.5, 0.6) is 5.75 Å². The fraction of sp³-hybridized carbons (Fsp3) is 0.391. The molecular weight excluding hydrogens is 352 g/mol. The first kappa shape index (κ1) is 19.9. The van der Waals surface area contributed by atoms with Gasteiger partial charge in [0.25, 0.3) is 5.91 Å². The molecular formula is C23H28N2O3. The number of likely N-dealkylation sites (tertiary alicyclic amines) is 1. The lowest BCUT2D eigenvalue weighted by molar-refractivity contribution is -0.132. The molecule has 1 heterocycles. The number of hydrogen-bond acceptors (Lipinski definition) is 3. The van der Waals surface area contributed by atoms with E-state index in [0.29, 0.717) is 17.9 Å². The van der Waals surface area contributed by atoms with Gasteiger partial charge in [-0.15, -0.1) is 0 Å². The summed E-state index contributed by atoms with van der Waals surface area (Å²) in [5.74, 6) is 0.202. The van der Waals surface area contributed by atoms with Gasteiger partial charge >= 0.3 is 0 Å². The van der Waals surface area contributed by atoms with E-state index in [-0.39, 0.29) is 24.4 Å². The van der Waals surface area contributed by atoms with Crippen LogP contribution in [0.25, 0.3) is 0 Å². The van der Waals surface area contributed by atoms with Gasteiger partial charge in [-0.25, -0.2) is 0 Å². The molecule has 1 saturated heterocycles. The number of amides is 2. The maximum absolute atomic E-state index is 13.0. The summed E-state index contributed by atoms with van der Waals surface area (Å²) in [5.41, 5.74) is 1.61. The molecule has 1 fully saturated rings. The quantitative estimate of drug-likeness (QED) is 0.825. The first-order valence-corrected chi connectivity index (χ1v) is 10.0. The predicted octanol–water partition coefficient (Wildman–Crippen LogP) is 3.96. The van der Waals surface area contributed by atoms with Gasteiger partial charge in [-0.05, 0) is 37.5 Å². The van der Waals surface area contributed by atoms with Crippen LogP contribution in [0.4, 0.5) is 0 Å². The van der Waals surface area contributed by atoms with Crippen molar-refractivity contribution in [1.29, 1.82) is 0 Å². The predicted molar refractivity (Wildman–Crippen MR) is 109 cm³/mol. The van der Waals surface area contributed by atoms with Crippen molar-refractivity contribution in [1.82, 2.24) is 10.2 Å². The first-order chi connectivity index (χ1) is 13.7. The smallest absolute Gasteiger partial charge is 0.255 e. The number of nitrogens with one attached hydrogen (secondary N) is 1. The minimum absolute atomic E-state index is 0.0113. The van der Waals surface area contributed by atoms with Crippen molar-refractivity contribution in [3.05, 3.63) is 65.7 Å². The summed E-state index contributed by atoms with van der Waals surface area (Å²) in [6.45, 7) is 3.07. The van der Waals surface area contributed by atoms with Crippen LogP contribution < -0.4 is 10.1 Å². The Balaban J connectivity index is 1.68. The molecule has 0 bridgehead atoms. The average Bonchev–Trinajstić information content (AvgIpc) is 2.99. The van der Waals surface area contributed by atoms with E-state index in [4.69, 9.17) is 4.74 Å². The highest BCUT2D eigenvalue weighted by Gasteiger charge is 2.27. The van der Waals surface area contributed by atoms with E-state index in [2.05, 4.69) is 17.4 Å². The van der Waals surface area contributed by atoms with E-state index < -0.39 is 0 Å². The highest BCUT2D eigenvalue weighted by atomic mass is 16.5. The largest absolute Gasteiger partial charge is 0.493 e. The van der Waals surface area contributed by atoms with Gasteiger partial charge in [-0.2, -0.15) is 0 Å². The third-order valence-electron chi connectivity index (χ3n) is 5.09. The van der Waals surface area contributed by atoms with Crippen molar-refractivity contribution in [2.45, 2.75) is 38.6 Å². The second-order valence-electron chi connectivity index (χ2n) is 6.97. The van der Waals surface area contributed by atoms with E-state index in [1.54, 1.807) is 18.2 Å². The van der Waals surface area contributed by atoms with Crippen LogP contribution in [0.15, 0.2) is 54.6 Å². The Hall–Kier alpha value is -2.82. The van der Waals surface area contributed by atoms with Gasteiger partial charge in [0, 0.05) is 6.54 Å². The molecule has 2 aromatic carbocycles. The van der Waals surface area contributed by atoms with Gasteiger partial charge in [0.2, 0.25) is 5.91 Å². The molecule has 3 rings (SSSR count). The fourth-order valence-electron chi connectivity index (χ4n) is 3.72. The summed E-state index contributed by atoms with van der Waals surface area (Å²) in [5, 5.41) is 2.78. The van der Waals surface area contributed by atoms with Gasteiger partial charge < -0.3 is 15.0 Å². The zero-order chi connectivity index (χ0) is 19.8. The molecule has 0 aromatic heterocycles. The molecule has 1 aliphatic rings. The van der Waals surface area contributed by atoms with Crippen molar-refractivity contribution in [2.24, 2.45) is 0 Å². The van der Waals surface area contributed by atoms with Crippen LogP contribution in [0, 0.1) is 0 Å². The second-order valence-corrected chi connectivity index (χ2v) is 6.97. The average molecular weight is 380 g/mol. The molecule has 0 radical (unpaired) electrons. The lowest BCUT2D eigenvalue weighted by Crippen LogP contribution is -2.42. The summed E-state index contributed by atoms with van der Waals surface area (Å²) in [4.78, 5) is 27.5. The van der Waals surface area contributed by atoms with Crippen molar-refractivity contribution in [2.75, 3.05) is 19.7 Å². The zero-order valence-corrected chi connectivity index (χ0v) is 16.4. The Bertz CT molecular complexity index is 791. The van der Waals surface area contributed by atoms with Gasteiger partial charge in [0.05, 0.1) is 24.8 Å². The summed E-state index contributed by atoms with van der Waals surface area (Å²) in [7, 11) is 0. The van der Waals surface area contributed by atoms with Crippen molar-refractivity contribution in [3.63, 3.8) is 0 Å². The number of hydrogen-bond donors (Lipinski definition) is 1. The minimum Gasteiger partial charge on any atom is -0.493 e. The molecule has 5 heteroatoms. The van der Waals surface area contributed by atoms with Crippen LogP contribution in [0.3, 0.4) is 0 Å². The number of nitrogens with zero attached hydrogens (tertiary/aromatic N) is 1. The van der Waals surface area contributed by atoms with Crippen LogP contribution in [0.1, 0.15) is 54.6 Å². The lowest BCUT2D eigenvalue weighted by Gasteiger charge is -2.30. The molecule has 0 saturated carbocycles. The number of benzene rings is 2. The van der Waals surface area contributed by atoms with Crippen LogP contribution in [0.2, 0.25) is 0 Å². The molecule has 0 unspecified atom stereocenters. The highest BCUT2D eigenvalue weighted by molar-refractivity contribution is 5.98. The topological polar surface area (TPSA) is 58.6 Å². The number of rotatable bonds is 6. The molecule has 1 atom stereocenters. The minimum atomic E-state index is -0.288. The Labute approximate surface area is 166 Å². The van der Waals surface area contributed by atoms with Crippen LogP contribution in [-0.4, -0.2) is 36.4 Å². The Morgan fingerprint density at radius 3 is 2.57 bits per heavy atom. The molecule has 5 nitrogen and oxygen atoms in total. The monoisotopic (exact) mass is 380 g/mol. The molecule has 0 spiro atoms. The summed E-state index contributed by atoms with van der Waals surface area (Å²) in [6.07, 6.45) is 4.19. The van der Waals surface area contributed by atoms with Gasteiger partial charge in [0.15, 0.2) is 0 Å². The molecule has 1 N–H and O–H groups in total. The number of ether oxygens (including phenoxy) is 1. The molecule has 148 valence electrons. The van der Waals surface area contributed by atoms with Gasteiger partial charge in [0.1, 0.15) is 5.75 Å². The Morgan fingerprint density at radius 2 is 1.79 bits per heavy atom. The molecule has 2 amide bonds. The number of para-hydroxylation sites is 1. The van der Waals surface area contributed by atoms with Crippen LogP contribution in [-0.2, 0) is 4.79 Å². The summed E-state index contributed by atoms with van der Waals surface area (Å²) < 4.78 is 5.52. The SMILES string of the molecule is CCOc1ccccc1C(=O)NCC(=O)N1CCCCC[C@H]1c1ccccc1. The van der Waals surface area contributed by atoms with Crippen molar-refractivity contribution >= 4 is 11.8 Å². The third-order valence-corrected chi connectivity index (χ3v) is 5.09. The van der Waals surface area contributed by atoms with Crippen molar-refractivity contribution in [3.8, 4) is 5.75 Å². The molecule has 28 heavy (non-hydrogen) atoms. The Kier molecular flexibility index (Phi) is 7.06. The summed E-state index contributed by atoms with van der Waals surface area (Å²) >= 11 is 0. The molecule has 2 aromatic rings. The number of carbonyl (C=O) groups excluding carboxylic acids is 2. The fourth-order valence-corrected chi connectivity index (χ4v) is 3.72. The summed E-state index contributed by atoms with van der Waals surface area (Å²) in [6, 6.07) is 17.3. The second kappa shape index (κ2) is 9.93. The lowest BCUT2D eigenvalue weighted by atomic mass is 10.0. The Morgan fingerprint density at radius 1 is 1.04 bits per heavy atom. The maximum Gasteiger partial charge on any atom is 0.255 e. The number of carbonyl (C=O) groups is 2. The first-order valence-electron chi connectivity index (χ1n) is 10.0. The van der Waals surface area contributed by atoms with E-state index in [0.717, 1.165) is 37.8 Å². The van der Waals surface area contributed by atoms with Gasteiger partial charge in [-0.3, -0.25) is 9.59 Å². The standard InChI is InChI=1S/C23H28N2O3/c1-2-28-21-15-9-8-13-19(21)23(27)24-17-22(26)25-16-10-4-7-14-20(25)18-11-5-3-6-12-18/h3,5-6,8-9,11-13,15,20H,2,4,7,10,14,16-17H2,1H3,(H,24,27)/t20-/m0/s1. The molecule has 0 aliphatic carbocycles. The normalized spacial score (nSPS) is 16.9. The van der Waals surface area contributed by atoms with Crippen LogP contribution >= 0.6 is 0 Å². The van der Waals surface area contributed by atoms with E-state index in [1.165, 1.54) is 0 Å².